The number of hydrogen-bond donors (Lipinski definition) is 1. The summed E-state index contributed by atoms with van der Waals surface area (Å²) in [6.45, 7) is 2.07. The van der Waals surface area contributed by atoms with Crippen molar-refractivity contribution in [2.45, 2.75) is 13.3 Å². The van der Waals surface area contributed by atoms with Crippen molar-refractivity contribution in [2.75, 3.05) is 0 Å². The van der Waals surface area contributed by atoms with Crippen molar-refractivity contribution in [3.05, 3.63) is 34.8 Å². The molecule has 0 atom stereocenters. The van der Waals surface area contributed by atoms with Crippen LogP contribution in [0.15, 0.2) is 24.4 Å². The summed E-state index contributed by atoms with van der Waals surface area (Å²) in [5.74, 6) is 0.0994. The van der Waals surface area contributed by atoms with Crippen LogP contribution in [0.3, 0.4) is 0 Å². The number of phenolic OH excluding ortho intramolecular Hbond substituents is 1. The van der Waals surface area contributed by atoms with Gasteiger partial charge in [0.05, 0.1) is 11.6 Å². The second kappa shape index (κ2) is 4.33. The molecule has 1 aromatic carbocycles. The zero-order chi connectivity index (χ0) is 11.5. The molecule has 1 aromatic heterocycles. The lowest BCUT2D eigenvalue weighted by atomic mass is 10.1. The average molecular weight is 230 g/mol. The van der Waals surface area contributed by atoms with Gasteiger partial charge < -0.3 is 5.11 Å². The summed E-state index contributed by atoms with van der Waals surface area (Å²) >= 11 is 1.58. The van der Waals surface area contributed by atoms with Crippen LogP contribution in [0, 0.1) is 11.3 Å². The van der Waals surface area contributed by atoms with Crippen molar-refractivity contribution in [1.29, 1.82) is 5.26 Å². The molecule has 0 saturated carbocycles. The maximum atomic E-state index is 9.48. The van der Waals surface area contributed by atoms with E-state index in [4.69, 9.17) is 5.26 Å². The Morgan fingerprint density at radius 1 is 1.44 bits per heavy atom. The third kappa shape index (κ3) is 2.05. The summed E-state index contributed by atoms with van der Waals surface area (Å²) in [7, 11) is 0. The molecule has 0 aliphatic heterocycles. The van der Waals surface area contributed by atoms with Gasteiger partial charge in [0, 0.05) is 16.6 Å². The lowest BCUT2D eigenvalue weighted by molar-refractivity contribution is 0.475. The molecule has 0 radical (unpaired) electrons. The number of nitriles is 1. The van der Waals surface area contributed by atoms with Crippen molar-refractivity contribution >= 4 is 11.3 Å². The van der Waals surface area contributed by atoms with Crippen molar-refractivity contribution in [1.82, 2.24) is 4.98 Å². The predicted molar refractivity (Wildman–Crippen MR) is 63.3 cm³/mol. The van der Waals surface area contributed by atoms with Crippen LogP contribution in [-0.2, 0) is 6.42 Å². The average Bonchev–Trinajstić information content (AvgIpc) is 2.76. The van der Waals surface area contributed by atoms with E-state index in [9.17, 15) is 5.11 Å². The molecule has 0 saturated heterocycles. The Bertz CT molecular complexity index is 554. The first-order chi connectivity index (χ1) is 7.72. The molecule has 16 heavy (non-hydrogen) atoms. The number of rotatable bonds is 2. The van der Waals surface area contributed by atoms with Gasteiger partial charge in [-0.25, -0.2) is 4.98 Å². The van der Waals surface area contributed by atoms with Gasteiger partial charge in [-0.2, -0.15) is 5.26 Å². The Labute approximate surface area is 97.6 Å². The number of hydrogen-bond acceptors (Lipinski definition) is 4. The maximum Gasteiger partial charge on any atom is 0.123 e. The zero-order valence-corrected chi connectivity index (χ0v) is 9.58. The van der Waals surface area contributed by atoms with E-state index in [-0.39, 0.29) is 5.75 Å². The zero-order valence-electron chi connectivity index (χ0n) is 8.77. The first-order valence-electron chi connectivity index (χ1n) is 4.92. The second-order valence-corrected chi connectivity index (χ2v) is 4.48. The summed E-state index contributed by atoms with van der Waals surface area (Å²) in [5, 5.41) is 19.1. The van der Waals surface area contributed by atoms with Crippen molar-refractivity contribution in [2.24, 2.45) is 0 Å². The minimum Gasteiger partial charge on any atom is -0.508 e. The molecule has 0 aliphatic rings. The van der Waals surface area contributed by atoms with E-state index in [0.29, 0.717) is 5.56 Å². The lowest BCUT2D eigenvalue weighted by Crippen LogP contribution is -1.79. The van der Waals surface area contributed by atoms with Gasteiger partial charge in [0.1, 0.15) is 10.8 Å². The molecule has 0 unspecified atom stereocenters. The van der Waals surface area contributed by atoms with Crippen LogP contribution in [0.5, 0.6) is 5.75 Å². The molecule has 1 heterocycles. The third-order valence-corrected chi connectivity index (χ3v) is 3.39. The highest BCUT2D eigenvalue weighted by atomic mass is 32.1. The van der Waals surface area contributed by atoms with Crippen LogP contribution in [0.25, 0.3) is 10.6 Å². The lowest BCUT2D eigenvalue weighted by Gasteiger charge is -1.98. The number of phenols is 1. The van der Waals surface area contributed by atoms with E-state index in [1.54, 1.807) is 23.5 Å². The van der Waals surface area contributed by atoms with Crippen molar-refractivity contribution < 1.29 is 5.11 Å². The third-order valence-electron chi connectivity index (χ3n) is 2.20. The Balaban J connectivity index is 2.47. The van der Waals surface area contributed by atoms with Crippen molar-refractivity contribution in [3.63, 3.8) is 0 Å². The second-order valence-electron chi connectivity index (χ2n) is 3.37. The van der Waals surface area contributed by atoms with Gasteiger partial charge in [-0.15, -0.1) is 11.3 Å². The minimum absolute atomic E-state index is 0.0994. The number of aromatic hydroxyl groups is 1. The molecule has 0 aliphatic carbocycles. The molecule has 2 aromatic rings. The van der Waals surface area contributed by atoms with Crippen LogP contribution in [-0.4, -0.2) is 10.1 Å². The van der Waals surface area contributed by atoms with E-state index in [0.717, 1.165) is 17.0 Å². The molecule has 0 bridgehead atoms. The van der Waals surface area contributed by atoms with Crippen LogP contribution in [0.1, 0.15) is 17.4 Å². The number of aromatic nitrogens is 1. The topological polar surface area (TPSA) is 56.9 Å². The van der Waals surface area contributed by atoms with Crippen LogP contribution < -0.4 is 0 Å². The van der Waals surface area contributed by atoms with Crippen LogP contribution in [0.4, 0.5) is 0 Å². The summed E-state index contributed by atoms with van der Waals surface area (Å²) in [6.07, 6.45) is 2.78. The molecule has 2 rings (SSSR count). The first kappa shape index (κ1) is 10.7. The van der Waals surface area contributed by atoms with E-state index < -0.39 is 0 Å². The van der Waals surface area contributed by atoms with Gasteiger partial charge in [0.25, 0.3) is 0 Å². The molecule has 0 amide bonds. The van der Waals surface area contributed by atoms with E-state index in [1.807, 2.05) is 12.3 Å². The van der Waals surface area contributed by atoms with Gasteiger partial charge in [-0.3, -0.25) is 0 Å². The molecule has 1 N–H and O–H groups in total. The monoisotopic (exact) mass is 230 g/mol. The Hall–Kier alpha value is -1.86. The van der Waals surface area contributed by atoms with Gasteiger partial charge in [0.15, 0.2) is 0 Å². The van der Waals surface area contributed by atoms with Crippen LogP contribution >= 0.6 is 11.3 Å². The summed E-state index contributed by atoms with van der Waals surface area (Å²) in [4.78, 5) is 5.46. The standard InChI is InChI=1S/C12H10N2OS/c1-2-11-7-14-12(16-11)9-3-8(6-13)4-10(15)5-9/h3-5,7,15H,2H2,1H3. The maximum absolute atomic E-state index is 9.48. The largest absolute Gasteiger partial charge is 0.508 e. The molecule has 0 fully saturated rings. The Morgan fingerprint density at radius 3 is 2.88 bits per heavy atom. The summed E-state index contributed by atoms with van der Waals surface area (Å²) in [6, 6.07) is 6.82. The fourth-order valence-corrected chi connectivity index (χ4v) is 2.24. The fourth-order valence-electron chi connectivity index (χ4n) is 1.40. The van der Waals surface area contributed by atoms with E-state index in [1.165, 1.54) is 10.9 Å². The van der Waals surface area contributed by atoms with Gasteiger partial charge >= 0.3 is 0 Å². The Morgan fingerprint density at radius 2 is 2.25 bits per heavy atom. The normalized spacial score (nSPS) is 10.0. The van der Waals surface area contributed by atoms with Gasteiger partial charge in [-0.05, 0) is 24.6 Å². The fraction of sp³-hybridized carbons (Fsp3) is 0.167. The highest BCUT2D eigenvalue weighted by molar-refractivity contribution is 7.15. The van der Waals surface area contributed by atoms with Crippen LogP contribution in [0.2, 0.25) is 0 Å². The SMILES string of the molecule is CCc1cnc(-c2cc(O)cc(C#N)c2)s1. The minimum atomic E-state index is 0.0994. The predicted octanol–water partition coefficient (Wildman–Crippen LogP) is 2.95. The van der Waals surface area contributed by atoms with Gasteiger partial charge in [-0.1, -0.05) is 6.92 Å². The van der Waals surface area contributed by atoms with Crippen molar-refractivity contribution in [3.8, 4) is 22.4 Å². The highest BCUT2D eigenvalue weighted by Gasteiger charge is 2.06. The smallest absolute Gasteiger partial charge is 0.123 e. The van der Waals surface area contributed by atoms with E-state index >= 15 is 0 Å². The summed E-state index contributed by atoms with van der Waals surface area (Å²) in [5.41, 5.74) is 1.24. The number of nitrogens with zero attached hydrogens (tertiary/aromatic N) is 2. The van der Waals surface area contributed by atoms with E-state index in [2.05, 4.69) is 11.9 Å². The Kier molecular flexibility index (Phi) is 2.88. The van der Waals surface area contributed by atoms with Gasteiger partial charge in [0.2, 0.25) is 0 Å². The molecule has 4 heteroatoms. The summed E-state index contributed by atoms with van der Waals surface area (Å²) < 4.78 is 0. The quantitative estimate of drug-likeness (QED) is 0.862. The highest BCUT2D eigenvalue weighted by Crippen LogP contribution is 2.29. The molecule has 3 nitrogen and oxygen atoms in total. The molecule has 0 spiro atoms. The molecular formula is C12H10N2OS. The number of benzene rings is 1. The molecular weight excluding hydrogens is 220 g/mol. The number of aryl methyl sites for hydroxylation is 1. The molecule has 80 valence electrons. The number of thiazole rings is 1. The first-order valence-corrected chi connectivity index (χ1v) is 5.74.